The highest BCUT2D eigenvalue weighted by molar-refractivity contribution is 7.09. The second-order valence-electron chi connectivity index (χ2n) is 4.23. The van der Waals surface area contributed by atoms with Gasteiger partial charge in [0.15, 0.2) is 0 Å². The molecule has 2 aromatic rings. The van der Waals surface area contributed by atoms with Crippen LogP contribution in [0.4, 0.5) is 20.2 Å². The van der Waals surface area contributed by atoms with Gasteiger partial charge in [-0.1, -0.05) is 0 Å². The summed E-state index contributed by atoms with van der Waals surface area (Å²) in [6.45, 7) is 3.53. The Labute approximate surface area is 117 Å². The van der Waals surface area contributed by atoms with Gasteiger partial charge in [0.05, 0.1) is 11.0 Å². The molecule has 1 unspecified atom stereocenters. The summed E-state index contributed by atoms with van der Waals surface area (Å²) in [5, 5.41) is 16.1. The molecule has 0 fully saturated rings. The van der Waals surface area contributed by atoms with E-state index in [0.29, 0.717) is 11.1 Å². The number of aromatic nitrogens is 1. The maximum Gasteiger partial charge on any atom is 0.327 e. The lowest BCUT2D eigenvalue weighted by atomic mass is 10.2. The minimum Gasteiger partial charge on any atom is -0.370 e. The second-order valence-corrected chi connectivity index (χ2v) is 5.12. The lowest BCUT2D eigenvalue weighted by Gasteiger charge is -2.13. The molecule has 2 rings (SSSR count). The van der Waals surface area contributed by atoms with Gasteiger partial charge in [-0.15, -0.1) is 11.3 Å². The molecular formula is C12H11F2N3O2S. The zero-order valence-corrected chi connectivity index (χ0v) is 11.5. The third-order valence-corrected chi connectivity index (χ3v) is 3.74. The highest BCUT2D eigenvalue weighted by Gasteiger charge is 2.23. The van der Waals surface area contributed by atoms with Crippen LogP contribution in [0.2, 0.25) is 0 Å². The van der Waals surface area contributed by atoms with Crippen molar-refractivity contribution in [1.82, 2.24) is 4.98 Å². The molecule has 0 aliphatic heterocycles. The van der Waals surface area contributed by atoms with Crippen LogP contribution in [-0.2, 0) is 0 Å². The van der Waals surface area contributed by atoms with Gasteiger partial charge in [0, 0.05) is 23.2 Å². The Kier molecular flexibility index (Phi) is 3.93. The quantitative estimate of drug-likeness (QED) is 0.688. The van der Waals surface area contributed by atoms with E-state index >= 15 is 0 Å². The average Bonchev–Trinajstić information content (AvgIpc) is 2.74. The van der Waals surface area contributed by atoms with E-state index in [4.69, 9.17) is 0 Å². The van der Waals surface area contributed by atoms with E-state index in [1.807, 2.05) is 12.3 Å². The van der Waals surface area contributed by atoms with E-state index in [1.54, 1.807) is 6.92 Å². The van der Waals surface area contributed by atoms with Gasteiger partial charge in [-0.05, 0) is 13.8 Å². The van der Waals surface area contributed by atoms with Crippen molar-refractivity contribution in [3.05, 3.63) is 50.0 Å². The van der Waals surface area contributed by atoms with E-state index in [1.165, 1.54) is 11.3 Å². The summed E-state index contributed by atoms with van der Waals surface area (Å²) < 4.78 is 26.7. The fourth-order valence-corrected chi connectivity index (χ4v) is 2.53. The molecule has 0 amide bonds. The second kappa shape index (κ2) is 5.49. The highest BCUT2D eigenvalue weighted by atomic mass is 32.1. The number of nitro groups is 1. The fourth-order valence-electron chi connectivity index (χ4n) is 1.73. The highest BCUT2D eigenvalue weighted by Crippen LogP contribution is 2.32. The Morgan fingerprint density at radius 3 is 2.70 bits per heavy atom. The van der Waals surface area contributed by atoms with Gasteiger partial charge < -0.3 is 5.32 Å². The minimum atomic E-state index is -1.21. The molecular weight excluding hydrogens is 288 g/mol. The Bertz CT molecular complexity index is 660. The number of halogens is 2. The van der Waals surface area contributed by atoms with E-state index in [2.05, 4.69) is 10.3 Å². The van der Waals surface area contributed by atoms with Crippen LogP contribution in [-0.4, -0.2) is 9.91 Å². The van der Waals surface area contributed by atoms with E-state index in [0.717, 1.165) is 11.8 Å². The van der Waals surface area contributed by atoms with Crippen molar-refractivity contribution >= 4 is 22.7 Å². The molecule has 1 N–H and O–H groups in total. The summed E-state index contributed by atoms with van der Waals surface area (Å²) in [4.78, 5) is 14.2. The third kappa shape index (κ3) is 2.90. The number of thiazole rings is 1. The predicted molar refractivity (Wildman–Crippen MR) is 71.9 cm³/mol. The number of nitro benzene ring substituents is 1. The smallest absolute Gasteiger partial charge is 0.327 e. The molecule has 1 heterocycles. The first-order valence-electron chi connectivity index (χ1n) is 5.70. The van der Waals surface area contributed by atoms with Crippen LogP contribution in [0.25, 0.3) is 0 Å². The van der Waals surface area contributed by atoms with Crippen molar-refractivity contribution in [3.8, 4) is 0 Å². The molecule has 0 radical (unpaired) electrons. The van der Waals surface area contributed by atoms with Crippen LogP contribution in [0.1, 0.15) is 23.7 Å². The van der Waals surface area contributed by atoms with Crippen LogP contribution >= 0.6 is 11.3 Å². The summed E-state index contributed by atoms with van der Waals surface area (Å²) in [5.41, 5.74) is -0.155. The lowest BCUT2D eigenvalue weighted by molar-refractivity contribution is -0.386. The normalized spacial score (nSPS) is 12.2. The SMILES string of the molecule is Cc1csc(C(C)Nc2cc(F)cc(F)c2[N+](=O)[O-])n1. The van der Waals surface area contributed by atoms with Crippen LogP contribution in [0.15, 0.2) is 17.5 Å². The molecule has 0 aliphatic carbocycles. The molecule has 106 valence electrons. The van der Waals surface area contributed by atoms with Gasteiger partial charge in [-0.25, -0.2) is 9.37 Å². The van der Waals surface area contributed by atoms with Crippen LogP contribution in [0.3, 0.4) is 0 Å². The fraction of sp³-hybridized carbons (Fsp3) is 0.250. The van der Waals surface area contributed by atoms with E-state index in [-0.39, 0.29) is 5.69 Å². The topological polar surface area (TPSA) is 68.1 Å². The Hall–Kier alpha value is -2.09. The molecule has 0 saturated heterocycles. The van der Waals surface area contributed by atoms with Gasteiger partial charge in [0.2, 0.25) is 5.82 Å². The van der Waals surface area contributed by atoms with Crippen molar-refractivity contribution in [1.29, 1.82) is 0 Å². The standard InChI is InChI=1S/C12H11F2N3O2S/c1-6-5-20-12(15-6)7(2)16-10-4-8(13)3-9(14)11(10)17(18)19/h3-5,7,16H,1-2H3. The maximum atomic E-state index is 13.5. The van der Waals surface area contributed by atoms with Crippen molar-refractivity contribution in [2.45, 2.75) is 19.9 Å². The molecule has 0 spiro atoms. The molecule has 0 saturated carbocycles. The van der Waals surface area contributed by atoms with Crippen LogP contribution in [0.5, 0.6) is 0 Å². The molecule has 1 atom stereocenters. The van der Waals surface area contributed by atoms with Crippen LogP contribution < -0.4 is 5.32 Å². The predicted octanol–water partition coefficient (Wildman–Crippen LogP) is 3.81. The summed E-state index contributed by atoms with van der Waals surface area (Å²) >= 11 is 1.37. The summed E-state index contributed by atoms with van der Waals surface area (Å²) in [5.74, 6) is -2.09. The van der Waals surface area contributed by atoms with Crippen molar-refractivity contribution in [2.24, 2.45) is 0 Å². The lowest BCUT2D eigenvalue weighted by Crippen LogP contribution is -2.09. The Morgan fingerprint density at radius 1 is 1.45 bits per heavy atom. The first-order valence-corrected chi connectivity index (χ1v) is 6.58. The summed E-state index contributed by atoms with van der Waals surface area (Å²) in [7, 11) is 0. The first kappa shape index (κ1) is 14.3. The van der Waals surface area contributed by atoms with Crippen molar-refractivity contribution in [2.75, 3.05) is 5.32 Å². The number of nitrogens with one attached hydrogen (secondary N) is 1. The zero-order chi connectivity index (χ0) is 14.9. The average molecular weight is 299 g/mol. The zero-order valence-electron chi connectivity index (χ0n) is 10.7. The van der Waals surface area contributed by atoms with Crippen molar-refractivity contribution in [3.63, 3.8) is 0 Å². The Morgan fingerprint density at radius 2 is 2.15 bits per heavy atom. The largest absolute Gasteiger partial charge is 0.370 e. The molecule has 0 aliphatic rings. The number of benzene rings is 1. The molecule has 8 heteroatoms. The molecule has 0 bridgehead atoms. The van der Waals surface area contributed by atoms with Gasteiger partial charge in [-0.2, -0.15) is 4.39 Å². The van der Waals surface area contributed by atoms with Gasteiger partial charge >= 0.3 is 5.69 Å². The number of hydrogen-bond acceptors (Lipinski definition) is 5. The molecule has 1 aromatic carbocycles. The van der Waals surface area contributed by atoms with Gasteiger partial charge in [0.1, 0.15) is 16.5 Å². The van der Waals surface area contributed by atoms with E-state index < -0.39 is 28.3 Å². The molecule has 20 heavy (non-hydrogen) atoms. The van der Waals surface area contributed by atoms with Gasteiger partial charge in [-0.3, -0.25) is 10.1 Å². The number of hydrogen-bond donors (Lipinski definition) is 1. The van der Waals surface area contributed by atoms with Crippen molar-refractivity contribution < 1.29 is 13.7 Å². The first-order chi connectivity index (χ1) is 9.38. The summed E-state index contributed by atoms with van der Waals surface area (Å²) in [6, 6.07) is 0.994. The van der Waals surface area contributed by atoms with Crippen LogP contribution in [0, 0.1) is 28.7 Å². The molecule has 1 aromatic heterocycles. The molecule has 5 nitrogen and oxygen atoms in total. The number of rotatable bonds is 4. The Balaban J connectivity index is 2.35. The van der Waals surface area contributed by atoms with Gasteiger partial charge in [0.25, 0.3) is 0 Å². The number of nitrogens with zero attached hydrogens (tertiary/aromatic N) is 2. The minimum absolute atomic E-state index is 0.201. The number of anilines is 1. The maximum absolute atomic E-state index is 13.5. The number of aryl methyl sites for hydroxylation is 1. The summed E-state index contributed by atoms with van der Waals surface area (Å²) in [6.07, 6.45) is 0. The monoisotopic (exact) mass is 299 g/mol. The van der Waals surface area contributed by atoms with E-state index in [9.17, 15) is 18.9 Å². The third-order valence-electron chi connectivity index (χ3n) is 2.59.